The van der Waals surface area contributed by atoms with E-state index >= 15 is 0 Å². The van der Waals surface area contributed by atoms with Gasteiger partial charge in [-0.2, -0.15) is 0 Å². The first-order chi connectivity index (χ1) is 4.77. The maximum atomic E-state index is 3.79. The van der Waals surface area contributed by atoms with Gasteiger partial charge >= 0.3 is 0 Å². The molecule has 0 aromatic heterocycles. The summed E-state index contributed by atoms with van der Waals surface area (Å²) in [7, 11) is 0. The number of rotatable bonds is 3. The summed E-state index contributed by atoms with van der Waals surface area (Å²) >= 11 is 0. The average molecular weight is 156 g/mol. The Kier molecular flexibility index (Phi) is 3.56. The fourth-order valence-electron chi connectivity index (χ4n) is 1.73. The Labute approximate surface area is 71.6 Å². The van der Waals surface area contributed by atoms with Crippen LogP contribution >= 0.6 is 0 Å². The maximum absolute atomic E-state index is 3.79. The smallest absolute Gasteiger partial charge is 0.0130 e. The molecule has 0 aliphatic rings. The molecule has 0 fully saturated rings. The van der Waals surface area contributed by atoms with Gasteiger partial charge in [0.2, 0.25) is 0 Å². The van der Waals surface area contributed by atoms with Gasteiger partial charge in [0.05, 0.1) is 0 Å². The van der Waals surface area contributed by atoms with E-state index in [1.165, 1.54) is 6.42 Å². The van der Waals surface area contributed by atoms with Crippen LogP contribution in [0.4, 0.5) is 0 Å². The number of nitrogens with one attached hydrogen (secondary N) is 1. The van der Waals surface area contributed by atoms with E-state index in [2.05, 4.69) is 46.9 Å². The highest BCUT2D eigenvalue weighted by Gasteiger charge is 2.23. The molecule has 0 atom stereocenters. The molecule has 0 aromatic carbocycles. The summed E-state index contributed by atoms with van der Waals surface area (Å²) in [6, 6.07) is 0. The van der Waals surface area contributed by atoms with Crippen LogP contribution in [-0.2, 0) is 0 Å². The first kappa shape index (κ1) is 11.0. The third kappa shape index (κ3) is 6.36. The molecule has 1 heteroatoms. The first-order valence-corrected chi connectivity index (χ1v) is 4.31. The molecule has 0 saturated heterocycles. The molecule has 11 heavy (non-hydrogen) atoms. The van der Waals surface area contributed by atoms with Gasteiger partial charge in [-0.15, -0.1) is 0 Å². The normalized spacial score (nSPS) is 13.6. The second-order valence-corrected chi connectivity index (χ2v) is 5.05. The van der Waals surface area contributed by atoms with E-state index in [0.717, 1.165) is 6.54 Å². The van der Waals surface area contributed by atoms with Gasteiger partial charge in [0.1, 0.15) is 0 Å². The van der Waals surface area contributed by atoms with Gasteiger partial charge in [0.25, 0.3) is 0 Å². The summed E-state index contributed by atoms with van der Waals surface area (Å²) in [6.45, 7) is 15.8. The fourth-order valence-corrected chi connectivity index (χ4v) is 1.73. The van der Waals surface area contributed by atoms with Gasteiger partial charge in [-0.25, -0.2) is 0 Å². The predicted molar refractivity (Wildman–Crippen MR) is 51.5 cm³/mol. The van der Waals surface area contributed by atoms with E-state index in [-0.39, 0.29) is 5.54 Å². The van der Waals surface area contributed by atoms with Gasteiger partial charge < -0.3 is 5.32 Å². The van der Waals surface area contributed by atoms with Crippen LogP contribution in [0.5, 0.6) is 0 Å². The maximum Gasteiger partial charge on any atom is 0.0130 e. The molecule has 0 bridgehead atoms. The Morgan fingerprint density at radius 3 is 1.82 bits per heavy atom. The van der Waals surface area contributed by atoms with Crippen LogP contribution < -0.4 is 5.32 Å². The van der Waals surface area contributed by atoms with E-state index in [9.17, 15) is 0 Å². The highest BCUT2D eigenvalue weighted by Crippen LogP contribution is 2.26. The second-order valence-electron chi connectivity index (χ2n) is 5.05. The van der Waals surface area contributed by atoms with E-state index in [1.54, 1.807) is 0 Å². The van der Waals surface area contributed by atoms with Gasteiger partial charge in [-0.1, -0.05) is 20.8 Å². The summed E-state index contributed by atoms with van der Waals surface area (Å²) in [6.07, 6.45) is 1.18. The predicted octanol–water partition coefficient (Wildman–Crippen LogP) is 2.62. The molecule has 0 saturated carbocycles. The summed E-state index contributed by atoms with van der Waals surface area (Å²) in [4.78, 5) is 0. The van der Waals surface area contributed by atoms with Crippen molar-refractivity contribution in [2.75, 3.05) is 6.54 Å². The van der Waals surface area contributed by atoms with E-state index in [0.29, 0.717) is 5.41 Å². The lowest BCUT2D eigenvalue weighted by molar-refractivity contribution is 0.248. The van der Waals surface area contributed by atoms with Crippen LogP contribution in [0.3, 0.4) is 0 Å². The zero-order valence-corrected chi connectivity index (χ0v) is 8.62. The van der Waals surface area contributed by atoms with Crippen molar-refractivity contribution >= 4 is 0 Å². The van der Waals surface area contributed by atoms with Crippen molar-refractivity contribution in [1.82, 2.24) is 5.32 Å². The lowest BCUT2D eigenvalue weighted by Gasteiger charge is -2.33. The zero-order chi connectivity index (χ0) is 9.12. The third-order valence-corrected chi connectivity index (χ3v) is 1.58. The Morgan fingerprint density at radius 2 is 1.55 bits per heavy atom. The van der Waals surface area contributed by atoms with E-state index < -0.39 is 0 Å². The van der Waals surface area contributed by atoms with Crippen LogP contribution in [0, 0.1) is 12.3 Å². The van der Waals surface area contributed by atoms with Crippen LogP contribution in [-0.4, -0.2) is 12.1 Å². The van der Waals surface area contributed by atoms with Crippen molar-refractivity contribution in [1.29, 1.82) is 0 Å². The monoisotopic (exact) mass is 156 g/mol. The molecule has 1 N–H and O–H groups in total. The topological polar surface area (TPSA) is 12.0 Å². The molecule has 0 amide bonds. The molecule has 0 aliphatic heterocycles. The molecule has 1 radical (unpaired) electrons. The van der Waals surface area contributed by atoms with E-state index in [4.69, 9.17) is 0 Å². The molecule has 1 nitrogen and oxygen atoms in total. The van der Waals surface area contributed by atoms with E-state index in [1.807, 2.05) is 0 Å². The Balaban J connectivity index is 3.91. The highest BCUT2D eigenvalue weighted by molar-refractivity contribution is 4.83. The first-order valence-electron chi connectivity index (χ1n) is 4.31. The number of hydrogen-bond acceptors (Lipinski definition) is 1. The summed E-state index contributed by atoms with van der Waals surface area (Å²) in [5, 5.41) is 3.37. The largest absolute Gasteiger partial charge is 0.312 e. The molecule has 0 unspecified atom stereocenters. The standard InChI is InChI=1S/C10H22N/c1-7-11-10(5,6)8-9(2,3)4/h11H,1,7-8H2,2-6H3. The SMILES string of the molecule is [CH2]CNC(C)(C)CC(C)(C)C. The lowest BCUT2D eigenvalue weighted by atomic mass is 9.82. The second kappa shape index (κ2) is 3.57. The van der Waals surface area contributed by atoms with Crippen molar-refractivity contribution < 1.29 is 0 Å². The third-order valence-electron chi connectivity index (χ3n) is 1.58. The van der Waals surface area contributed by atoms with Crippen LogP contribution in [0.1, 0.15) is 41.0 Å². The molecule has 0 aliphatic carbocycles. The minimum absolute atomic E-state index is 0.222. The lowest BCUT2D eigenvalue weighted by Crippen LogP contribution is -2.42. The van der Waals surface area contributed by atoms with Crippen molar-refractivity contribution in [3.05, 3.63) is 6.92 Å². The summed E-state index contributed by atoms with van der Waals surface area (Å²) in [5.74, 6) is 0. The average Bonchev–Trinajstić information content (AvgIpc) is 1.55. The van der Waals surface area contributed by atoms with Crippen molar-refractivity contribution in [2.45, 2.75) is 46.6 Å². The van der Waals surface area contributed by atoms with Crippen LogP contribution in [0.2, 0.25) is 0 Å². The van der Waals surface area contributed by atoms with Crippen LogP contribution in [0.15, 0.2) is 0 Å². The minimum atomic E-state index is 0.222. The molecule has 0 spiro atoms. The fraction of sp³-hybridized carbons (Fsp3) is 0.900. The molecule has 0 heterocycles. The number of hydrogen-bond donors (Lipinski definition) is 1. The van der Waals surface area contributed by atoms with Gasteiger partial charge in [-0.05, 0) is 39.2 Å². The molecular formula is C10H22N. The zero-order valence-electron chi connectivity index (χ0n) is 8.62. The van der Waals surface area contributed by atoms with Gasteiger partial charge in [0.15, 0.2) is 0 Å². The summed E-state index contributed by atoms with van der Waals surface area (Å²) in [5.41, 5.74) is 0.617. The minimum Gasteiger partial charge on any atom is -0.312 e. The molecule has 0 rings (SSSR count). The molecule has 0 aromatic rings. The molecular weight excluding hydrogens is 134 g/mol. The van der Waals surface area contributed by atoms with Crippen molar-refractivity contribution in [3.63, 3.8) is 0 Å². The van der Waals surface area contributed by atoms with Gasteiger partial charge in [0, 0.05) is 5.54 Å². The van der Waals surface area contributed by atoms with Crippen molar-refractivity contribution in [3.8, 4) is 0 Å². The highest BCUT2D eigenvalue weighted by atomic mass is 14.9. The van der Waals surface area contributed by atoms with Gasteiger partial charge in [-0.3, -0.25) is 0 Å². The quantitative estimate of drug-likeness (QED) is 0.662. The van der Waals surface area contributed by atoms with Crippen molar-refractivity contribution in [2.24, 2.45) is 5.41 Å². The molecule has 67 valence electrons. The Bertz CT molecular complexity index is 109. The summed E-state index contributed by atoms with van der Waals surface area (Å²) < 4.78 is 0. The Morgan fingerprint density at radius 1 is 1.09 bits per heavy atom. The Hall–Kier alpha value is -0.0400. The van der Waals surface area contributed by atoms with Crippen LogP contribution in [0.25, 0.3) is 0 Å².